The maximum absolute atomic E-state index is 13.3. The Hall–Kier alpha value is -2.82. The Morgan fingerprint density at radius 2 is 1.85 bits per heavy atom. The molecule has 1 atom stereocenters. The van der Waals surface area contributed by atoms with Gasteiger partial charge in [-0.3, -0.25) is 9.59 Å². The summed E-state index contributed by atoms with van der Waals surface area (Å²) in [5.41, 5.74) is 4.71. The molecule has 0 radical (unpaired) electrons. The smallest absolute Gasteiger partial charge is 0.303 e. The molecule has 0 spiro atoms. The minimum Gasteiger partial charge on any atom is -0.496 e. The molecule has 0 fully saturated rings. The van der Waals surface area contributed by atoms with Crippen LogP contribution in [-0.4, -0.2) is 24.1 Å². The van der Waals surface area contributed by atoms with Crippen LogP contribution in [0.1, 0.15) is 94.4 Å². The molecule has 1 unspecified atom stereocenters. The number of anilines is 1. The van der Waals surface area contributed by atoms with Crippen LogP contribution < -0.4 is 10.1 Å². The number of aliphatic carboxylic acids is 1. The van der Waals surface area contributed by atoms with Gasteiger partial charge in [0.05, 0.1) is 7.11 Å². The van der Waals surface area contributed by atoms with Crippen LogP contribution in [0.5, 0.6) is 5.75 Å². The maximum Gasteiger partial charge on any atom is 0.303 e. The molecule has 2 N–H and O–H groups in total. The largest absolute Gasteiger partial charge is 0.496 e. The molecule has 2 aromatic rings. The van der Waals surface area contributed by atoms with Crippen LogP contribution in [0.15, 0.2) is 36.4 Å². The first kappa shape index (κ1) is 27.4. The number of hydrogen-bond donors (Lipinski definition) is 2. The number of carbonyl (C=O) groups excluding carboxylic acids is 1. The van der Waals surface area contributed by atoms with Crippen molar-refractivity contribution in [2.75, 3.05) is 12.4 Å². The van der Waals surface area contributed by atoms with Crippen molar-refractivity contribution < 1.29 is 19.4 Å². The van der Waals surface area contributed by atoms with Gasteiger partial charge in [-0.15, -0.1) is 0 Å². The Morgan fingerprint density at radius 1 is 1.12 bits per heavy atom. The maximum atomic E-state index is 13.3. The number of ether oxygens (including phenoxy) is 1. The fraction of sp³-hybridized carbons (Fsp3) is 0.517. The van der Waals surface area contributed by atoms with Gasteiger partial charge in [-0.1, -0.05) is 77.3 Å². The Balaban J connectivity index is 2.31. The number of para-hydroxylation sites is 1. The number of rotatable bonds is 12. The number of aryl methyl sites for hydroxylation is 2. The van der Waals surface area contributed by atoms with Gasteiger partial charge in [0, 0.05) is 18.5 Å². The number of hydrogen-bond acceptors (Lipinski definition) is 3. The molecule has 2 rings (SSSR count). The van der Waals surface area contributed by atoms with E-state index in [1.807, 2.05) is 37.3 Å². The third-order valence-electron chi connectivity index (χ3n) is 6.27. The van der Waals surface area contributed by atoms with E-state index in [1.54, 1.807) is 7.11 Å². The summed E-state index contributed by atoms with van der Waals surface area (Å²) in [7, 11) is 1.69. The predicted molar refractivity (Wildman–Crippen MR) is 139 cm³/mol. The third-order valence-corrected chi connectivity index (χ3v) is 6.27. The topological polar surface area (TPSA) is 75.6 Å². The summed E-state index contributed by atoms with van der Waals surface area (Å²) in [5, 5.41) is 12.2. The first-order valence-corrected chi connectivity index (χ1v) is 12.3. The zero-order valence-corrected chi connectivity index (χ0v) is 21.7. The molecule has 0 aliphatic rings. The van der Waals surface area contributed by atoms with Crippen LogP contribution in [0.4, 0.5) is 5.69 Å². The fourth-order valence-corrected chi connectivity index (χ4v) is 4.46. The summed E-state index contributed by atoms with van der Waals surface area (Å²) in [6.07, 6.45) is 5.10. The lowest BCUT2D eigenvalue weighted by molar-refractivity contribution is -0.137. The van der Waals surface area contributed by atoms with Gasteiger partial charge in [-0.25, -0.2) is 0 Å². The number of carbonyl (C=O) groups is 2. The molecule has 0 aliphatic heterocycles. The molecule has 5 heteroatoms. The predicted octanol–water partition coefficient (Wildman–Crippen LogP) is 7.01. The molecular formula is C29H41NO4. The van der Waals surface area contributed by atoms with Gasteiger partial charge in [0.15, 0.2) is 0 Å². The van der Waals surface area contributed by atoms with Crippen molar-refractivity contribution in [2.24, 2.45) is 0 Å². The van der Waals surface area contributed by atoms with Crippen molar-refractivity contribution in [3.05, 3.63) is 58.7 Å². The molecule has 0 saturated carbocycles. The minimum atomic E-state index is -0.826. The van der Waals surface area contributed by atoms with E-state index >= 15 is 0 Å². The van der Waals surface area contributed by atoms with Crippen LogP contribution >= 0.6 is 0 Å². The number of carboxylic acid groups (broad SMARTS) is 1. The SMILES string of the molecule is CCCCCC(CC(=O)Nc1cc(CCC(=O)O)ccc1C(C)(C)C)c1cccc(C)c1OC. The van der Waals surface area contributed by atoms with E-state index in [4.69, 9.17) is 9.84 Å². The molecule has 1 amide bonds. The second-order valence-corrected chi connectivity index (χ2v) is 10.2. The monoisotopic (exact) mass is 467 g/mol. The van der Waals surface area contributed by atoms with Crippen LogP contribution in [0.3, 0.4) is 0 Å². The summed E-state index contributed by atoms with van der Waals surface area (Å²) in [6.45, 7) is 10.5. The van der Waals surface area contributed by atoms with Crippen LogP contribution in [0.2, 0.25) is 0 Å². The lowest BCUT2D eigenvalue weighted by Crippen LogP contribution is -2.21. The van der Waals surface area contributed by atoms with E-state index in [0.29, 0.717) is 12.8 Å². The average molecular weight is 468 g/mol. The van der Waals surface area contributed by atoms with Crippen LogP contribution in [0, 0.1) is 6.92 Å². The molecule has 0 heterocycles. The Morgan fingerprint density at radius 3 is 2.47 bits per heavy atom. The van der Waals surface area contributed by atoms with Gasteiger partial charge < -0.3 is 15.2 Å². The molecule has 34 heavy (non-hydrogen) atoms. The third kappa shape index (κ3) is 7.89. The molecule has 0 bridgehead atoms. The number of benzene rings is 2. The standard InChI is InChI=1S/C29H41NO4/c1-7-8-9-12-22(23-13-10-11-20(2)28(23)34-6)19-26(31)30-25-18-21(15-17-27(32)33)14-16-24(25)29(3,4)5/h10-11,13-14,16,18,22H,7-9,12,15,17,19H2,1-6H3,(H,30,31)(H,32,33). The number of carboxylic acids is 1. The molecule has 0 aromatic heterocycles. The van der Waals surface area contributed by atoms with Crippen molar-refractivity contribution >= 4 is 17.6 Å². The van der Waals surface area contributed by atoms with E-state index in [0.717, 1.165) is 59.4 Å². The highest BCUT2D eigenvalue weighted by Crippen LogP contribution is 2.36. The highest BCUT2D eigenvalue weighted by Gasteiger charge is 2.23. The average Bonchev–Trinajstić information content (AvgIpc) is 2.76. The number of methoxy groups -OCH3 is 1. The van der Waals surface area contributed by atoms with Gasteiger partial charge >= 0.3 is 5.97 Å². The molecular weight excluding hydrogens is 426 g/mol. The van der Waals surface area contributed by atoms with Gasteiger partial charge in [0.2, 0.25) is 5.91 Å². The molecule has 186 valence electrons. The highest BCUT2D eigenvalue weighted by molar-refractivity contribution is 5.92. The summed E-state index contributed by atoms with van der Waals surface area (Å²) < 4.78 is 5.71. The van der Waals surface area contributed by atoms with Crippen molar-refractivity contribution in [3.8, 4) is 5.75 Å². The number of unbranched alkanes of at least 4 members (excludes halogenated alkanes) is 2. The lowest BCUT2D eigenvalue weighted by Gasteiger charge is -2.25. The second-order valence-electron chi connectivity index (χ2n) is 10.2. The minimum absolute atomic E-state index is 0.0362. The van der Waals surface area contributed by atoms with Gasteiger partial charge in [-0.2, -0.15) is 0 Å². The van der Waals surface area contributed by atoms with E-state index in [1.165, 1.54) is 0 Å². The van der Waals surface area contributed by atoms with Crippen molar-refractivity contribution in [3.63, 3.8) is 0 Å². The van der Waals surface area contributed by atoms with Crippen LogP contribution in [-0.2, 0) is 21.4 Å². The van der Waals surface area contributed by atoms with E-state index in [9.17, 15) is 9.59 Å². The van der Waals surface area contributed by atoms with Gasteiger partial charge in [0.1, 0.15) is 5.75 Å². The molecule has 0 saturated heterocycles. The zero-order chi connectivity index (χ0) is 25.3. The van der Waals surface area contributed by atoms with E-state index in [-0.39, 0.29) is 23.7 Å². The number of nitrogens with one attached hydrogen (secondary N) is 1. The Bertz CT molecular complexity index is 975. The number of amides is 1. The molecule has 0 aliphatic carbocycles. The van der Waals surface area contributed by atoms with Crippen molar-refractivity contribution in [2.45, 2.75) is 90.9 Å². The second kappa shape index (κ2) is 12.6. The van der Waals surface area contributed by atoms with Crippen molar-refractivity contribution in [1.29, 1.82) is 0 Å². The van der Waals surface area contributed by atoms with Crippen molar-refractivity contribution in [1.82, 2.24) is 0 Å². The fourth-order valence-electron chi connectivity index (χ4n) is 4.46. The summed E-state index contributed by atoms with van der Waals surface area (Å²) >= 11 is 0. The Labute approximate surface area is 204 Å². The van der Waals surface area contributed by atoms with Gasteiger partial charge in [-0.05, 0) is 59.4 Å². The zero-order valence-electron chi connectivity index (χ0n) is 21.7. The quantitative estimate of drug-likeness (QED) is 0.329. The first-order valence-electron chi connectivity index (χ1n) is 12.3. The summed E-state index contributed by atoms with van der Waals surface area (Å²) in [5.74, 6) is 0.0657. The highest BCUT2D eigenvalue weighted by atomic mass is 16.5. The normalized spacial score (nSPS) is 12.3. The summed E-state index contributed by atoms with van der Waals surface area (Å²) in [6, 6.07) is 12.0. The van der Waals surface area contributed by atoms with E-state index in [2.05, 4.69) is 39.1 Å². The first-order chi connectivity index (χ1) is 16.1. The van der Waals surface area contributed by atoms with Crippen LogP contribution in [0.25, 0.3) is 0 Å². The van der Waals surface area contributed by atoms with E-state index < -0.39 is 5.97 Å². The molecule has 5 nitrogen and oxygen atoms in total. The Kier molecular flexibility index (Phi) is 10.2. The molecule has 2 aromatic carbocycles. The van der Waals surface area contributed by atoms with Gasteiger partial charge in [0.25, 0.3) is 0 Å². The summed E-state index contributed by atoms with van der Waals surface area (Å²) in [4.78, 5) is 24.3. The lowest BCUT2D eigenvalue weighted by atomic mass is 9.84.